The molecule has 3 heteroatoms. The molecule has 1 heterocycles. The van der Waals surface area contributed by atoms with E-state index in [0.717, 1.165) is 16.8 Å². The highest BCUT2D eigenvalue weighted by Crippen LogP contribution is 2.28. The quantitative estimate of drug-likeness (QED) is 0.622. The minimum absolute atomic E-state index is 0.0205. The number of carbonyl (C=O) groups excluding carboxylic acids is 1. The van der Waals surface area contributed by atoms with Crippen LogP contribution in [0.2, 0.25) is 0 Å². The van der Waals surface area contributed by atoms with Gasteiger partial charge in [-0.3, -0.25) is 9.69 Å². The molecule has 0 radical (unpaired) electrons. The zero-order valence-corrected chi connectivity index (χ0v) is 7.95. The number of carbonyl (C=O) groups is 1. The third-order valence-corrected chi connectivity index (χ3v) is 2.40. The molecule has 0 aromatic heterocycles. The number of nitrogens with zero attached hydrogens (tertiary/aromatic N) is 2. The molecule has 0 unspecified atom stereocenters. The van der Waals surface area contributed by atoms with Crippen molar-refractivity contribution in [3.8, 4) is 6.07 Å². The summed E-state index contributed by atoms with van der Waals surface area (Å²) in [5, 5.41) is 8.58. The highest BCUT2D eigenvalue weighted by atomic mass is 16.2. The van der Waals surface area contributed by atoms with Gasteiger partial charge in [-0.2, -0.15) is 5.26 Å². The highest BCUT2D eigenvalue weighted by molar-refractivity contribution is 6.01. The maximum atomic E-state index is 11.5. The van der Waals surface area contributed by atoms with E-state index in [4.69, 9.17) is 5.26 Å². The Bertz CT molecular complexity index is 431. The minimum Gasteiger partial charge on any atom is -0.298 e. The van der Waals surface area contributed by atoms with Crippen molar-refractivity contribution < 1.29 is 4.79 Å². The molecule has 0 aliphatic carbocycles. The van der Waals surface area contributed by atoms with E-state index in [1.54, 1.807) is 0 Å². The molecule has 1 aliphatic rings. The largest absolute Gasteiger partial charge is 0.298 e. The molecule has 0 spiro atoms. The van der Waals surface area contributed by atoms with Gasteiger partial charge in [0.05, 0.1) is 12.5 Å². The summed E-state index contributed by atoms with van der Waals surface area (Å²) in [5.74, 6) is 0.0205. The third-order valence-electron chi connectivity index (χ3n) is 2.40. The Morgan fingerprint density at radius 1 is 1.57 bits per heavy atom. The van der Waals surface area contributed by atoms with Gasteiger partial charge in [0, 0.05) is 5.69 Å². The highest BCUT2D eigenvalue weighted by Gasteiger charge is 2.26. The summed E-state index contributed by atoms with van der Waals surface area (Å²) in [6, 6.07) is 7.87. The lowest BCUT2D eigenvalue weighted by molar-refractivity contribution is -0.117. The lowest BCUT2D eigenvalue weighted by Gasteiger charge is -2.12. The van der Waals surface area contributed by atoms with Crippen LogP contribution in [0.25, 0.3) is 0 Å². The van der Waals surface area contributed by atoms with Gasteiger partial charge in [0.1, 0.15) is 6.54 Å². The molecule has 2 rings (SSSR count). The van der Waals surface area contributed by atoms with Crippen LogP contribution in [0.15, 0.2) is 18.2 Å². The van der Waals surface area contributed by atoms with Gasteiger partial charge >= 0.3 is 0 Å². The topological polar surface area (TPSA) is 44.1 Å². The van der Waals surface area contributed by atoms with Crippen LogP contribution in [-0.2, 0) is 11.2 Å². The van der Waals surface area contributed by atoms with E-state index in [1.165, 1.54) is 4.90 Å². The summed E-state index contributed by atoms with van der Waals surface area (Å²) in [7, 11) is 0. The van der Waals surface area contributed by atoms with Crippen LogP contribution in [-0.4, -0.2) is 12.5 Å². The van der Waals surface area contributed by atoms with Crippen molar-refractivity contribution in [3.63, 3.8) is 0 Å². The Morgan fingerprint density at radius 3 is 3.07 bits per heavy atom. The van der Waals surface area contributed by atoms with E-state index in [1.807, 2.05) is 31.2 Å². The van der Waals surface area contributed by atoms with Crippen LogP contribution in [0.3, 0.4) is 0 Å². The van der Waals surface area contributed by atoms with Crippen LogP contribution in [0.4, 0.5) is 5.69 Å². The average Bonchev–Trinajstić information content (AvgIpc) is 2.43. The number of aryl methyl sites for hydroxylation is 1. The predicted octanol–water partition coefficient (Wildman–Crippen LogP) is 1.41. The van der Waals surface area contributed by atoms with Crippen molar-refractivity contribution in [1.29, 1.82) is 5.26 Å². The Labute approximate surface area is 82.6 Å². The first kappa shape index (κ1) is 8.76. The number of hydrogen-bond donors (Lipinski definition) is 0. The van der Waals surface area contributed by atoms with Crippen molar-refractivity contribution in [2.24, 2.45) is 0 Å². The van der Waals surface area contributed by atoms with Crippen molar-refractivity contribution in [2.75, 3.05) is 11.4 Å². The lowest BCUT2D eigenvalue weighted by Crippen LogP contribution is -2.26. The zero-order valence-electron chi connectivity index (χ0n) is 7.95. The number of rotatable bonds is 1. The summed E-state index contributed by atoms with van der Waals surface area (Å²) in [5.41, 5.74) is 3.07. The number of fused-ring (bicyclic) bond motifs is 1. The van der Waals surface area contributed by atoms with Gasteiger partial charge in [-0.05, 0) is 18.6 Å². The SMILES string of the molecule is Cc1ccc2c(c1)CC(=O)N2CC#N. The van der Waals surface area contributed by atoms with E-state index >= 15 is 0 Å². The maximum Gasteiger partial charge on any atom is 0.232 e. The number of amides is 1. The Kier molecular flexibility index (Phi) is 1.97. The first-order valence-corrected chi connectivity index (χ1v) is 4.49. The molecule has 0 saturated heterocycles. The number of hydrogen-bond acceptors (Lipinski definition) is 2. The average molecular weight is 186 g/mol. The normalized spacial score (nSPS) is 14.0. The number of anilines is 1. The zero-order chi connectivity index (χ0) is 10.1. The van der Waals surface area contributed by atoms with Crippen LogP contribution < -0.4 is 4.90 Å². The smallest absolute Gasteiger partial charge is 0.232 e. The van der Waals surface area contributed by atoms with Gasteiger partial charge < -0.3 is 0 Å². The van der Waals surface area contributed by atoms with Crippen molar-refractivity contribution in [2.45, 2.75) is 13.3 Å². The Hall–Kier alpha value is -1.82. The number of nitriles is 1. The molecule has 0 bridgehead atoms. The molecule has 14 heavy (non-hydrogen) atoms. The summed E-state index contributed by atoms with van der Waals surface area (Å²) in [4.78, 5) is 13.0. The Morgan fingerprint density at radius 2 is 2.36 bits per heavy atom. The van der Waals surface area contributed by atoms with Gasteiger partial charge in [0.2, 0.25) is 5.91 Å². The molecule has 1 aliphatic heterocycles. The van der Waals surface area contributed by atoms with E-state index in [0.29, 0.717) is 6.42 Å². The molecular formula is C11H10N2O. The molecule has 0 atom stereocenters. The van der Waals surface area contributed by atoms with Gasteiger partial charge in [-0.25, -0.2) is 0 Å². The molecule has 0 saturated carbocycles. The van der Waals surface area contributed by atoms with Gasteiger partial charge in [-0.15, -0.1) is 0 Å². The monoisotopic (exact) mass is 186 g/mol. The molecule has 70 valence electrons. The van der Waals surface area contributed by atoms with Crippen LogP contribution in [0.1, 0.15) is 11.1 Å². The van der Waals surface area contributed by atoms with Gasteiger partial charge in [-0.1, -0.05) is 17.7 Å². The molecule has 0 N–H and O–H groups in total. The second-order valence-electron chi connectivity index (χ2n) is 3.45. The molecule has 0 fully saturated rings. The standard InChI is InChI=1S/C11H10N2O/c1-8-2-3-10-9(6-8)7-11(14)13(10)5-4-12/h2-3,6H,5,7H2,1H3. The first-order valence-electron chi connectivity index (χ1n) is 4.49. The fraction of sp³-hybridized carbons (Fsp3) is 0.273. The van der Waals surface area contributed by atoms with Crippen molar-refractivity contribution in [3.05, 3.63) is 29.3 Å². The maximum absolute atomic E-state index is 11.5. The molecule has 1 aromatic carbocycles. The third kappa shape index (κ3) is 1.25. The van der Waals surface area contributed by atoms with Crippen LogP contribution in [0.5, 0.6) is 0 Å². The first-order chi connectivity index (χ1) is 6.72. The summed E-state index contributed by atoms with van der Waals surface area (Å²) in [6.07, 6.45) is 0.429. The lowest BCUT2D eigenvalue weighted by atomic mass is 10.1. The number of benzene rings is 1. The predicted molar refractivity (Wildman–Crippen MR) is 52.8 cm³/mol. The van der Waals surface area contributed by atoms with Gasteiger partial charge in [0.15, 0.2) is 0 Å². The van der Waals surface area contributed by atoms with Gasteiger partial charge in [0.25, 0.3) is 0 Å². The fourth-order valence-corrected chi connectivity index (χ4v) is 1.76. The summed E-state index contributed by atoms with van der Waals surface area (Å²) in [6.45, 7) is 2.15. The molecular weight excluding hydrogens is 176 g/mol. The summed E-state index contributed by atoms with van der Waals surface area (Å²) < 4.78 is 0. The molecule has 1 aromatic rings. The van der Waals surface area contributed by atoms with Crippen molar-refractivity contribution >= 4 is 11.6 Å². The second kappa shape index (κ2) is 3.15. The van der Waals surface area contributed by atoms with Crippen molar-refractivity contribution in [1.82, 2.24) is 0 Å². The minimum atomic E-state index is 0.0205. The van der Waals surface area contributed by atoms with Crippen LogP contribution >= 0.6 is 0 Å². The van der Waals surface area contributed by atoms with E-state index in [2.05, 4.69) is 0 Å². The van der Waals surface area contributed by atoms with Crippen LogP contribution in [0, 0.1) is 18.3 Å². The summed E-state index contributed by atoms with van der Waals surface area (Å²) >= 11 is 0. The fourth-order valence-electron chi connectivity index (χ4n) is 1.76. The Balaban J connectivity index is 2.43. The molecule has 1 amide bonds. The second-order valence-corrected chi connectivity index (χ2v) is 3.45. The molecule has 3 nitrogen and oxygen atoms in total. The van der Waals surface area contributed by atoms with E-state index in [-0.39, 0.29) is 12.5 Å². The van der Waals surface area contributed by atoms with E-state index in [9.17, 15) is 4.79 Å². The van der Waals surface area contributed by atoms with E-state index < -0.39 is 0 Å².